The van der Waals surface area contributed by atoms with E-state index in [1.165, 1.54) is 0 Å². The van der Waals surface area contributed by atoms with Gasteiger partial charge in [-0.3, -0.25) is 4.79 Å². The highest BCUT2D eigenvalue weighted by atomic mass is 16.4. The number of aliphatic carboxylic acids is 1. The molecule has 0 aliphatic rings. The summed E-state index contributed by atoms with van der Waals surface area (Å²) in [6.45, 7) is 8.03. The molecule has 1 rings (SSSR count). The van der Waals surface area contributed by atoms with Crippen LogP contribution in [0.25, 0.3) is 0 Å². The number of primary amides is 1. The van der Waals surface area contributed by atoms with Crippen molar-refractivity contribution in [3.63, 3.8) is 0 Å². The summed E-state index contributed by atoms with van der Waals surface area (Å²) in [6, 6.07) is 4.94. The molecule has 1 unspecified atom stereocenters. The van der Waals surface area contributed by atoms with Crippen LogP contribution in [0.5, 0.6) is 0 Å². The fraction of sp³-hybridized carbons (Fsp3) is 0.500. The Labute approximate surface area is 131 Å². The third-order valence-corrected chi connectivity index (χ3v) is 3.62. The largest absolute Gasteiger partial charge is 0.480 e. The van der Waals surface area contributed by atoms with E-state index in [1.807, 2.05) is 25.1 Å². The molecule has 0 aliphatic carbocycles. The second-order valence-corrected chi connectivity index (χ2v) is 5.21. The standard InChI is InChI=1S/C16H25N3O3/c1-4-19(5-2)14-8-6-12(10-11(14)3)18-13(16(21)22)7-9-15(17)20/h6,8,10,13,18H,4-5,7,9H2,1-3H3,(H2,17,20)(H,21,22). The van der Waals surface area contributed by atoms with E-state index in [9.17, 15) is 14.7 Å². The highest BCUT2D eigenvalue weighted by molar-refractivity contribution is 5.80. The number of carbonyl (C=O) groups excluding carboxylic acids is 1. The van der Waals surface area contributed by atoms with Gasteiger partial charge in [0.25, 0.3) is 0 Å². The minimum absolute atomic E-state index is 0.0421. The fourth-order valence-electron chi connectivity index (χ4n) is 2.41. The van der Waals surface area contributed by atoms with Gasteiger partial charge >= 0.3 is 5.97 Å². The van der Waals surface area contributed by atoms with Gasteiger partial charge in [-0.15, -0.1) is 0 Å². The maximum atomic E-state index is 11.2. The monoisotopic (exact) mass is 307 g/mol. The summed E-state index contributed by atoms with van der Waals surface area (Å²) in [6.07, 6.45) is 0.210. The number of anilines is 2. The summed E-state index contributed by atoms with van der Waals surface area (Å²) >= 11 is 0. The molecule has 0 heterocycles. The number of hydrogen-bond acceptors (Lipinski definition) is 4. The van der Waals surface area contributed by atoms with Crippen LogP contribution in [0.1, 0.15) is 32.3 Å². The van der Waals surface area contributed by atoms with Crippen LogP contribution in [0.4, 0.5) is 11.4 Å². The lowest BCUT2D eigenvalue weighted by Gasteiger charge is -2.24. The van der Waals surface area contributed by atoms with E-state index in [0.29, 0.717) is 0 Å². The van der Waals surface area contributed by atoms with E-state index in [1.54, 1.807) is 0 Å². The Hall–Kier alpha value is -2.24. The molecule has 0 aromatic heterocycles. The van der Waals surface area contributed by atoms with Crippen molar-refractivity contribution in [3.05, 3.63) is 23.8 Å². The van der Waals surface area contributed by atoms with E-state index in [-0.39, 0.29) is 12.8 Å². The molecule has 0 aliphatic heterocycles. The number of benzene rings is 1. The van der Waals surface area contributed by atoms with Crippen LogP contribution in [0.2, 0.25) is 0 Å². The number of nitrogens with one attached hydrogen (secondary N) is 1. The number of carboxylic acid groups (broad SMARTS) is 1. The topological polar surface area (TPSA) is 95.7 Å². The van der Waals surface area contributed by atoms with Crippen molar-refractivity contribution in [2.24, 2.45) is 5.73 Å². The second kappa shape index (κ2) is 8.26. The summed E-state index contributed by atoms with van der Waals surface area (Å²) in [7, 11) is 0. The van der Waals surface area contributed by atoms with E-state index >= 15 is 0 Å². The van der Waals surface area contributed by atoms with Gasteiger partial charge < -0.3 is 21.1 Å². The summed E-state index contributed by atoms with van der Waals surface area (Å²) in [5.41, 5.74) is 8.02. The van der Waals surface area contributed by atoms with Crippen molar-refractivity contribution in [3.8, 4) is 0 Å². The SMILES string of the molecule is CCN(CC)c1ccc(NC(CCC(N)=O)C(=O)O)cc1C. The number of nitrogens with two attached hydrogens (primary N) is 1. The lowest BCUT2D eigenvalue weighted by Crippen LogP contribution is -2.31. The van der Waals surface area contributed by atoms with Crippen molar-refractivity contribution in [1.82, 2.24) is 0 Å². The van der Waals surface area contributed by atoms with Gasteiger partial charge in [-0.25, -0.2) is 4.79 Å². The summed E-state index contributed by atoms with van der Waals surface area (Å²) in [5.74, 6) is -1.49. The van der Waals surface area contributed by atoms with Crippen LogP contribution in [-0.4, -0.2) is 36.1 Å². The smallest absolute Gasteiger partial charge is 0.326 e. The van der Waals surface area contributed by atoms with Gasteiger partial charge in [-0.2, -0.15) is 0 Å². The summed E-state index contributed by atoms with van der Waals surface area (Å²) < 4.78 is 0. The quantitative estimate of drug-likeness (QED) is 0.648. The van der Waals surface area contributed by atoms with Gasteiger partial charge in [0.15, 0.2) is 0 Å². The molecule has 6 nitrogen and oxygen atoms in total. The summed E-state index contributed by atoms with van der Waals surface area (Å²) in [5, 5.41) is 12.2. The lowest BCUT2D eigenvalue weighted by molar-refractivity contribution is -0.138. The summed E-state index contributed by atoms with van der Waals surface area (Å²) in [4.78, 5) is 24.3. The molecule has 0 saturated heterocycles. The zero-order chi connectivity index (χ0) is 16.7. The first-order valence-electron chi connectivity index (χ1n) is 7.52. The molecule has 1 amide bonds. The predicted octanol–water partition coefficient (Wildman–Crippen LogP) is 1.97. The first-order chi connectivity index (χ1) is 10.4. The molecule has 1 aromatic carbocycles. The van der Waals surface area contributed by atoms with Gasteiger partial charge in [0.05, 0.1) is 0 Å². The van der Waals surface area contributed by atoms with Crippen molar-refractivity contribution in [2.75, 3.05) is 23.3 Å². The maximum Gasteiger partial charge on any atom is 0.326 e. The number of amides is 1. The Morgan fingerprint density at radius 1 is 1.32 bits per heavy atom. The Morgan fingerprint density at radius 3 is 2.41 bits per heavy atom. The average Bonchev–Trinajstić information content (AvgIpc) is 2.46. The fourth-order valence-corrected chi connectivity index (χ4v) is 2.41. The van der Waals surface area contributed by atoms with Crippen molar-refractivity contribution in [2.45, 2.75) is 39.7 Å². The molecular formula is C16H25N3O3. The molecule has 0 saturated carbocycles. The van der Waals surface area contributed by atoms with Gasteiger partial charge in [-0.1, -0.05) is 0 Å². The lowest BCUT2D eigenvalue weighted by atomic mass is 10.1. The number of carboxylic acids is 1. The minimum Gasteiger partial charge on any atom is -0.480 e. The third-order valence-electron chi connectivity index (χ3n) is 3.62. The van der Waals surface area contributed by atoms with E-state index < -0.39 is 17.9 Å². The second-order valence-electron chi connectivity index (χ2n) is 5.21. The first kappa shape index (κ1) is 17.8. The van der Waals surface area contributed by atoms with Gasteiger partial charge in [0.1, 0.15) is 6.04 Å². The first-order valence-corrected chi connectivity index (χ1v) is 7.52. The van der Waals surface area contributed by atoms with Crippen LogP contribution < -0.4 is 16.0 Å². The van der Waals surface area contributed by atoms with Gasteiger partial charge in [-0.05, 0) is 51.0 Å². The third kappa shape index (κ3) is 4.95. The van der Waals surface area contributed by atoms with Crippen LogP contribution in [0, 0.1) is 6.92 Å². The Kier molecular flexibility index (Phi) is 6.69. The van der Waals surface area contributed by atoms with Gasteiger partial charge in [0, 0.05) is 30.9 Å². The van der Waals surface area contributed by atoms with Gasteiger partial charge in [0.2, 0.25) is 5.91 Å². The molecule has 1 aromatic rings. The number of aryl methyl sites for hydroxylation is 1. The number of nitrogens with zero attached hydrogens (tertiary/aromatic N) is 1. The van der Waals surface area contributed by atoms with Crippen molar-refractivity contribution < 1.29 is 14.7 Å². The van der Waals surface area contributed by atoms with Crippen molar-refractivity contribution in [1.29, 1.82) is 0 Å². The van der Waals surface area contributed by atoms with Crippen LogP contribution in [-0.2, 0) is 9.59 Å². The Morgan fingerprint density at radius 2 is 1.95 bits per heavy atom. The Bertz CT molecular complexity index is 527. The number of rotatable bonds is 9. The van der Waals surface area contributed by atoms with Crippen LogP contribution in [0.3, 0.4) is 0 Å². The molecule has 0 bridgehead atoms. The van der Waals surface area contributed by atoms with Crippen LogP contribution in [0.15, 0.2) is 18.2 Å². The Balaban J connectivity index is 2.86. The van der Waals surface area contributed by atoms with Crippen molar-refractivity contribution >= 4 is 23.3 Å². The molecule has 22 heavy (non-hydrogen) atoms. The van der Waals surface area contributed by atoms with Crippen LogP contribution >= 0.6 is 0 Å². The molecule has 0 fully saturated rings. The number of carbonyl (C=O) groups is 2. The molecule has 4 N–H and O–H groups in total. The average molecular weight is 307 g/mol. The van der Waals surface area contributed by atoms with E-state index in [0.717, 1.165) is 30.0 Å². The zero-order valence-electron chi connectivity index (χ0n) is 13.4. The molecule has 122 valence electrons. The van der Waals surface area contributed by atoms with E-state index in [2.05, 4.69) is 24.1 Å². The van der Waals surface area contributed by atoms with E-state index in [4.69, 9.17) is 5.73 Å². The molecular weight excluding hydrogens is 282 g/mol. The highest BCUT2D eigenvalue weighted by Crippen LogP contribution is 2.24. The normalized spacial score (nSPS) is 11.8. The molecule has 0 spiro atoms. The molecule has 1 atom stereocenters. The minimum atomic E-state index is -0.994. The maximum absolute atomic E-state index is 11.2. The molecule has 6 heteroatoms. The molecule has 0 radical (unpaired) electrons. The highest BCUT2D eigenvalue weighted by Gasteiger charge is 2.18. The zero-order valence-corrected chi connectivity index (χ0v) is 13.4. The predicted molar refractivity (Wildman–Crippen MR) is 88.2 cm³/mol. The number of hydrogen-bond donors (Lipinski definition) is 3.